The van der Waals surface area contributed by atoms with Crippen LogP contribution in [0.4, 0.5) is 0 Å². The van der Waals surface area contributed by atoms with Gasteiger partial charge in [0.05, 0.1) is 12.3 Å². The van der Waals surface area contributed by atoms with Crippen LogP contribution in [0.5, 0.6) is 0 Å². The molecule has 3 rings (SSSR count). The summed E-state index contributed by atoms with van der Waals surface area (Å²) in [6.45, 7) is 3.16. The molecule has 3 N–H and O–H groups in total. The summed E-state index contributed by atoms with van der Waals surface area (Å²) in [7, 11) is 1.77. The Labute approximate surface area is 187 Å². The molecule has 1 saturated heterocycles. The molecule has 1 fully saturated rings. The van der Waals surface area contributed by atoms with E-state index in [9.17, 15) is 5.11 Å². The van der Waals surface area contributed by atoms with Crippen LogP contribution in [-0.4, -0.2) is 56.0 Å². The normalized spacial score (nSPS) is 19.3. The molecule has 0 saturated carbocycles. The van der Waals surface area contributed by atoms with Gasteiger partial charge in [0.25, 0.3) is 0 Å². The van der Waals surface area contributed by atoms with E-state index in [-0.39, 0.29) is 36.0 Å². The van der Waals surface area contributed by atoms with Gasteiger partial charge in [0, 0.05) is 56.1 Å². The van der Waals surface area contributed by atoms with Crippen LogP contribution >= 0.6 is 35.3 Å². The van der Waals surface area contributed by atoms with Crippen LogP contribution in [0.25, 0.3) is 10.6 Å². The van der Waals surface area contributed by atoms with Crippen LogP contribution in [0, 0.1) is 5.41 Å². The minimum absolute atomic E-state index is 0. The van der Waals surface area contributed by atoms with E-state index < -0.39 is 0 Å². The van der Waals surface area contributed by atoms with Gasteiger partial charge in [0.1, 0.15) is 5.01 Å². The van der Waals surface area contributed by atoms with Crippen LogP contribution in [0.1, 0.15) is 18.5 Å². The molecule has 0 spiro atoms. The summed E-state index contributed by atoms with van der Waals surface area (Å²) in [5, 5.41) is 19.2. The van der Waals surface area contributed by atoms with Gasteiger partial charge in [-0.1, -0.05) is 30.3 Å². The number of aliphatic hydroxyl groups is 1. The molecule has 1 unspecified atom stereocenters. The van der Waals surface area contributed by atoms with Crippen molar-refractivity contribution in [1.82, 2.24) is 15.6 Å². The molecule has 0 aliphatic carbocycles. The zero-order valence-corrected chi connectivity index (χ0v) is 19.3. The fourth-order valence-electron chi connectivity index (χ4n) is 3.25. The lowest BCUT2D eigenvalue weighted by Gasteiger charge is -2.27. The number of thiazole rings is 1. The maximum Gasteiger partial charge on any atom is 0.191 e. The first-order chi connectivity index (χ1) is 13.2. The maximum atomic E-state index is 9.33. The third-order valence-electron chi connectivity index (χ3n) is 4.93. The number of benzene rings is 1. The lowest BCUT2D eigenvalue weighted by atomic mass is 9.84. The number of guanidine groups is 1. The highest BCUT2D eigenvalue weighted by Crippen LogP contribution is 2.31. The Morgan fingerprint density at radius 2 is 2.14 bits per heavy atom. The molecular formula is C20H29IN4O2S. The monoisotopic (exact) mass is 516 g/mol. The second kappa shape index (κ2) is 11.7. The number of nitrogens with zero attached hydrogens (tertiary/aromatic N) is 2. The van der Waals surface area contributed by atoms with Crippen molar-refractivity contribution >= 4 is 41.3 Å². The maximum absolute atomic E-state index is 9.33. The van der Waals surface area contributed by atoms with E-state index >= 15 is 0 Å². The second-order valence-corrected chi connectivity index (χ2v) is 7.75. The molecule has 0 bridgehead atoms. The highest BCUT2D eigenvalue weighted by molar-refractivity contribution is 14.0. The van der Waals surface area contributed by atoms with Crippen LogP contribution in [-0.2, 0) is 11.2 Å². The Kier molecular flexibility index (Phi) is 9.63. The van der Waals surface area contributed by atoms with Gasteiger partial charge in [0.2, 0.25) is 0 Å². The molecule has 6 nitrogen and oxygen atoms in total. The molecule has 1 atom stereocenters. The molecule has 0 radical (unpaired) electrons. The van der Waals surface area contributed by atoms with Crippen molar-refractivity contribution in [3.8, 4) is 10.6 Å². The van der Waals surface area contributed by atoms with E-state index in [4.69, 9.17) is 9.72 Å². The first kappa shape index (κ1) is 23.1. The molecule has 2 aromatic rings. The first-order valence-corrected chi connectivity index (χ1v) is 10.3. The lowest BCUT2D eigenvalue weighted by molar-refractivity contribution is 0.127. The van der Waals surface area contributed by atoms with Crippen LogP contribution in [0.3, 0.4) is 0 Å². The fraction of sp³-hybridized carbons (Fsp3) is 0.500. The number of hydrogen-bond acceptors (Lipinski definition) is 5. The van der Waals surface area contributed by atoms with Crippen molar-refractivity contribution < 1.29 is 9.84 Å². The third-order valence-corrected chi connectivity index (χ3v) is 5.87. The van der Waals surface area contributed by atoms with Gasteiger partial charge < -0.3 is 20.5 Å². The summed E-state index contributed by atoms with van der Waals surface area (Å²) < 4.78 is 5.54. The largest absolute Gasteiger partial charge is 0.396 e. The molecule has 1 aromatic heterocycles. The molecule has 1 aliphatic heterocycles. The molecule has 8 heteroatoms. The smallest absolute Gasteiger partial charge is 0.191 e. The Bertz CT molecular complexity index is 733. The third kappa shape index (κ3) is 6.40. The first-order valence-electron chi connectivity index (χ1n) is 9.38. The van der Waals surface area contributed by atoms with Crippen LogP contribution in [0.15, 0.2) is 40.7 Å². The van der Waals surface area contributed by atoms with Crippen molar-refractivity contribution in [1.29, 1.82) is 0 Å². The molecule has 154 valence electrons. The molecule has 2 heterocycles. The van der Waals surface area contributed by atoms with Crippen LogP contribution in [0.2, 0.25) is 0 Å². The lowest BCUT2D eigenvalue weighted by Crippen LogP contribution is -2.45. The van der Waals surface area contributed by atoms with E-state index in [1.165, 1.54) is 0 Å². The predicted molar refractivity (Wildman–Crippen MR) is 126 cm³/mol. The van der Waals surface area contributed by atoms with Crippen molar-refractivity contribution in [2.24, 2.45) is 10.4 Å². The SMILES string of the molecule is CN=C(NCCc1csc(-c2ccccc2)n1)NCC1(CCO)CCOC1.I. The number of ether oxygens (including phenoxy) is 1. The quantitative estimate of drug-likeness (QED) is 0.286. The van der Waals surface area contributed by atoms with Crippen molar-refractivity contribution in [3.05, 3.63) is 41.4 Å². The van der Waals surface area contributed by atoms with Gasteiger partial charge in [-0.3, -0.25) is 4.99 Å². The standard InChI is InChI=1S/C20H28N4O2S.HI/c1-21-19(23-14-20(8-11-25)9-12-26-15-20)22-10-7-17-13-27-18(24-17)16-5-3-2-4-6-16;/h2-6,13,25H,7-12,14-15H2,1H3,(H2,21,22,23);1H. The Hall–Kier alpha value is -1.23. The summed E-state index contributed by atoms with van der Waals surface area (Å²) in [5.74, 6) is 0.776. The summed E-state index contributed by atoms with van der Waals surface area (Å²) in [4.78, 5) is 9.02. The van der Waals surface area contributed by atoms with Gasteiger partial charge >= 0.3 is 0 Å². The Morgan fingerprint density at radius 3 is 2.82 bits per heavy atom. The average molecular weight is 516 g/mol. The summed E-state index contributed by atoms with van der Waals surface area (Å²) >= 11 is 1.68. The summed E-state index contributed by atoms with van der Waals surface area (Å²) in [6, 6.07) is 10.3. The summed E-state index contributed by atoms with van der Waals surface area (Å²) in [6.07, 6.45) is 2.56. The predicted octanol–water partition coefficient (Wildman–Crippen LogP) is 2.92. The number of halogens is 1. The van der Waals surface area contributed by atoms with E-state index in [2.05, 4.69) is 33.1 Å². The van der Waals surface area contributed by atoms with Crippen molar-refractivity contribution in [2.45, 2.75) is 19.3 Å². The zero-order chi connectivity index (χ0) is 19.0. The highest BCUT2D eigenvalue weighted by Gasteiger charge is 2.34. The van der Waals surface area contributed by atoms with Gasteiger partial charge in [-0.25, -0.2) is 4.98 Å². The number of nitrogens with one attached hydrogen (secondary N) is 2. The van der Waals surface area contributed by atoms with Crippen molar-refractivity contribution in [2.75, 3.05) is 40.0 Å². The van der Waals surface area contributed by atoms with Gasteiger partial charge in [-0.05, 0) is 12.8 Å². The zero-order valence-electron chi connectivity index (χ0n) is 16.2. The average Bonchev–Trinajstić information content (AvgIpc) is 3.36. The van der Waals surface area contributed by atoms with Crippen LogP contribution < -0.4 is 10.6 Å². The van der Waals surface area contributed by atoms with E-state index in [1.54, 1.807) is 18.4 Å². The summed E-state index contributed by atoms with van der Waals surface area (Å²) in [5.41, 5.74) is 2.25. The number of aliphatic imine (C=N–C) groups is 1. The molecule has 0 amide bonds. The van der Waals surface area contributed by atoms with E-state index in [0.29, 0.717) is 6.61 Å². The highest BCUT2D eigenvalue weighted by atomic mass is 127. The van der Waals surface area contributed by atoms with E-state index in [1.807, 2.05) is 18.2 Å². The number of aromatic nitrogens is 1. The Morgan fingerprint density at radius 1 is 1.32 bits per heavy atom. The minimum atomic E-state index is 0. The van der Waals surface area contributed by atoms with Crippen molar-refractivity contribution in [3.63, 3.8) is 0 Å². The topological polar surface area (TPSA) is 78.8 Å². The van der Waals surface area contributed by atoms with E-state index in [0.717, 1.165) is 61.2 Å². The number of hydrogen-bond donors (Lipinski definition) is 3. The molecular weight excluding hydrogens is 487 g/mol. The van der Waals surface area contributed by atoms with Gasteiger partial charge in [0.15, 0.2) is 5.96 Å². The minimum Gasteiger partial charge on any atom is -0.396 e. The molecule has 1 aliphatic rings. The second-order valence-electron chi connectivity index (χ2n) is 6.89. The van der Waals surface area contributed by atoms with Gasteiger partial charge in [-0.15, -0.1) is 35.3 Å². The molecule has 28 heavy (non-hydrogen) atoms. The number of rotatable bonds is 8. The Balaban J connectivity index is 0.00000280. The number of aliphatic hydroxyl groups excluding tert-OH is 1. The molecule has 1 aromatic carbocycles. The fourth-order valence-corrected chi connectivity index (χ4v) is 4.11. The van der Waals surface area contributed by atoms with Gasteiger partial charge in [-0.2, -0.15) is 0 Å².